The van der Waals surface area contributed by atoms with Crippen LogP contribution in [0.3, 0.4) is 0 Å². The minimum atomic E-state index is 0.863. The summed E-state index contributed by atoms with van der Waals surface area (Å²) in [5.74, 6) is 1.73. The number of unbranched alkanes of at least 4 members (excludes halogenated alkanes) is 8. The lowest BCUT2D eigenvalue weighted by Crippen LogP contribution is -2.26. The summed E-state index contributed by atoms with van der Waals surface area (Å²) >= 11 is 0. The predicted octanol–water partition coefficient (Wildman–Crippen LogP) is 9.00. The van der Waals surface area contributed by atoms with Crippen LogP contribution in [0.25, 0.3) is 6.08 Å². The van der Waals surface area contributed by atoms with Crippen LogP contribution in [0.5, 0.6) is 0 Å². The highest BCUT2D eigenvalue weighted by molar-refractivity contribution is 5.48. The highest BCUT2D eigenvalue weighted by atomic mass is 15.1. The summed E-state index contributed by atoms with van der Waals surface area (Å²) in [4.78, 5) is 2.68. The van der Waals surface area contributed by atoms with Crippen molar-refractivity contribution in [3.05, 3.63) is 42.0 Å². The van der Waals surface area contributed by atoms with Gasteiger partial charge in [0, 0.05) is 6.54 Å². The molecule has 0 saturated heterocycles. The number of rotatable bonds is 19. The molecule has 1 nitrogen and oxygen atoms in total. The molecule has 1 aromatic carbocycles. The second-order valence-electron chi connectivity index (χ2n) is 10.0. The average Bonchev–Trinajstić information content (AvgIpc) is 2.72. The minimum Gasteiger partial charge on any atom is -0.300 e. The first kappa shape index (κ1) is 27.0. The van der Waals surface area contributed by atoms with Gasteiger partial charge in [0.1, 0.15) is 0 Å². The van der Waals surface area contributed by atoms with E-state index in [1.54, 1.807) is 0 Å². The summed E-state index contributed by atoms with van der Waals surface area (Å²) in [7, 11) is 0. The lowest BCUT2D eigenvalue weighted by Gasteiger charge is -2.21. The van der Waals surface area contributed by atoms with Crippen molar-refractivity contribution >= 4 is 6.08 Å². The molecule has 0 spiro atoms. The van der Waals surface area contributed by atoms with Gasteiger partial charge in [0.2, 0.25) is 0 Å². The molecule has 0 aliphatic carbocycles. The van der Waals surface area contributed by atoms with Gasteiger partial charge in [-0.3, -0.25) is 4.90 Å². The molecule has 0 atom stereocenters. The van der Waals surface area contributed by atoms with Gasteiger partial charge in [-0.05, 0) is 43.3 Å². The molecule has 1 rings (SSSR count). The van der Waals surface area contributed by atoms with E-state index in [1.165, 1.54) is 95.7 Å². The van der Waals surface area contributed by atoms with E-state index in [9.17, 15) is 0 Å². The molecule has 30 heavy (non-hydrogen) atoms. The fourth-order valence-corrected chi connectivity index (χ4v) is 4.03. The van der Waals surface area contributed by atoms with Crippen molar-refractivity contribution in [1.29, 1.82) is 0 Å². The van der Waals surface area contributed by atoms with E-state index in [0.717, 1.165) is 18.4 Å². The Hall–Kier alpha value is -1.08. The van der Waals surface area contributed by atoms with Crippen LogP contribution < -0.4 is 0 Å². The molecule has 1 aromatic rings. The summed E-state index contributed by atoms with van der Waals surface area (Å²) in [6, 6.07) is 10.7. The number of hydrogen-bond donors (Lipinski definition) is 0. The topological polar surface area (TPSA) is 3.24 Å². The molecule has 0 unspecified atom stereocenters. The molecular weight excluding hydrogens is 362 g/mol. The molecule has 0 aromatic heterocycles. The fraction of sp³-hybridized carbons (Fsp3) is 0.724. The number of benzene rings is 1. The maximum absolute atomic E-state index is 2.68. The molecule has 0 aliphatic rings. The highest BCUT2D eigenvalue weighted by Crippen LogP contribution is 2.13. The Balaban J connectivity index is 2.25. The Labute approximate surface area is 189 Å². The van der Waals surface area contributed by atoms with E-state index < -0.39 is 0 Å². The third kappa shape index (κ3) is 16.7. The Morgan fingerprint density at radius 2 is 1.10 bits per heavy atom. The molecular formula is C29H51N. The summed E-state index contributed by atoms with van der Waals surface area (Å²) in [5.41, 5.74) is 1.31. The van der Waals surface area contributed by atoms with E-state index in [1.807, 2.05) is 0 Å². The van der Waals surface area contributed by atoms with Gasteiger partial charge in [0.05, 0.1) is 0 Å². The van der Waals surface area contributed by atoms with Gasteiger partial charge in [-0.1, -0.05) is 134 Å². The molecule has 0 heterocycles. The molecule has 0 fully saturated rings. The van der Waals surface area contributed by atoms with E-state index in [2.05, 4.69) is 75.1 Å². The first-order valence-electron chi connectivity index (χ1n) is 13.0. The van der Waals surface area contributed by atoms with Crippen molar-refractivity contribution in [2.45, 2.75) is 105 Å². The molecule has 0 amide bonds. The standard InChI is InChI=1S/C29H51N/c1-27(2)19-12-7-5-9-16-24-30(25-17-10-6-8-13-20-28(3)4)26-18-23-29-21-14-11-15-22-29/h11,14-15,18,21-23,27-28H,5-10,12-13,16-17,19-20,24-26H2,1-4H3. The molecule has 0 bridgehead atoms. The quantitative estimate of drug-likeness (QED) is 0.204. The summed E-state index contributed by atoms with van der Waals surface area (Å²) in [6.07, 6.45) is 21.4. The third-order valence-electron chi connectivity index (χ3n) is 5.99. The summed E-state index contributed by atoms with van der Waals surface area (Å²) < 4.78 is 0. The van der Waals surface area contributed by atoms with E-state index in [4.69, 9.17) is 0 Å². The first-order chi connectivity index (χ1) is 14.6. The SMILES string of the molecule is CC(C)CCCCCCCN(CC=Cc1ccccc1)CCCCCCCC(C)C. The molecule has 0 saturated carbocycles. The molecule has 0 aliphatic heterocycles. The van der Waals surface area contributed by atoms with Crippen LogP contribution in [0.1, 0.15) is 110 Å². The van der Waals surface area contributed by atoms with Gasteiger partial charge in [-0.15, -0.1) is 0 Å². The Kier molecular flexibility index (Phi) is 16.8. The van der Waals surface area contributed by atoms with E-state index >= 15 is 0 Å². The van der Waals surface area contributed by atoms with Crippen LogP contribution in [0.4, 0.5) is 0 Å². The van der Waals surface area contributed by atoms with Gasteiger partial charge in [0.25, 0.3) is 0 Å². The minimum absolute atomic E-state index is 0.863. The van der Waals surface area contributed by atoms with Crippen molar-refractivity contribution in [2.75, 3.05) is 19.6 Å². The molecule has 0 radical (unpaired) electrons. The normalized spacial score (nSPS) is 12.1. The average molecular weight is 414 g/mol. The van der Waals surface area contributed by atoms with Crippen LogP contribution in [0, 0.1) is 11.8 Å². The lowest BCUT2D eigenvalue weighted by atomic mass is 10.0. The van der Waals surface area contributed by atoms with Crippen LogP contribution in [0.15, 0.2) is 36.4 Å². The van der Waals surface area contributed by atoms with Crippen molar-refractivity contribution < 1.29 is 0 Å². The molecule has 1 heteroatoms. The molecule has 172 valence electrons. The first-order valence-corrected chi connectivity index (χ1v) is 13.0. The van der Waals surface area contributed by atoms with Gasteiger partial charge in [-0.2, -0.15) is 0 Å². The second kappa shape index (κ2) is 18.7. The zero-order valence-corrected chi connectivity index (χ0v) is 20.7. The van der Waals surface area contributed by atoms with Gasteiger partial charge in [0.15, 0.2) is 0 Å². The lowest BCUT2D eigenvalue weighted by molar-refractivity contribution is 0.286. The van der Waals surface area contributed by atoms with Crippen LogP contribution in [-0.4, -0.2) is 24.5 Å². The number of hydrogen-bond acceptors (Lipinski definition) is 1. The predicted molar refractivity (Wildman–Crippen MR) is 137 cm³/mol. The fourth-order valence-electron chi connectivity index (χ4n) is 4.03. The summed E-state index contributed by atoms with van der Waals surface area (Å²) in [5, 5.41) is 0. The van der Waals surface area contributed by atoms with Gasteiger partial charge < -0.3 is 0 Å². The maximum atomic E-state index is 2.68. The zero-order chi connectivity index (χ0) is 21.9. The maximum Gasteiger partial charge on any atom is 0.0166 e. The van der Waals surface area contributed by atoms with Gasteiger partial charge in [-0.25, -0.2) is 0 Å². The van der Waals surface area contributed by atoms with Gasteiger partial charge >= 0.3 is 0 Å². The number of nitrogens with zero attached hydrogens (tertiary/aromatic N) is 1. The Bertz CT molecular complexity index is 480. The van der Waals surface area contributed by atoms with Crippen molar-refractivity contribution in [1.82, 2.24) is 4.90 Å². The molecule has 0 N–H and O–H groups in total. The zero-order valence-electron chi connectivity index (χ0n) is 20.7. The van der Waals surface area contributed by atoms with Crippen LogP contribution in [-0.2, 0) is 0 Å². The Morgan fingerprint density at radius 3 is 1.60 bits per heavy atom. The van der Waals surface area contributed by atoms with Crippen LogP contribution in [0.2, 0.25) is 0 Å². The van der Waals surface area contributed by atoms with E-state index in [0.29, 0.717) is 0 Å². The Morgan fingerprint density at radius 1 is 0.633 bits per heavy atom. The third-order valence-corrected chi connectivity index (χ3v) is 5.99. The van der Waals surface area contributed by atoms with Crippen molar-refractivity contribution in [3.63, 3.8) is 0 Å². The smallest absolute Gasteiger partial charge is 0.0166 e. The largest absolute Gasteiger partial charge is 0.300 e. The van der Waals surface area contributed by atoms with Crippen molar-refractivity contribution in [2.24, 2.45) is 11.8 Å². The van der Waals surface area contributed by atoms with Crippen LogP contribution >= 0.6 is 0 Å². The monoisotopic (exact) mass is 413 g/mol. The highest BCUT2D eigenvalue weighted by Gasteiger charge is 2.04. The summed E-state index contributed by atoms with van der Waals surface area (Å²) in [6.45, 7) is 13.0. The van der Waals surface area contributed by atoms with Crippen molar-refractivity contribution in [3.8, 4) is 0 Å². The second-order valence-corrected chi connectivity index (χ2v) is 10.0. The van der Waals surface area contributed by atoms with E-state index in [-0.39, 0.29) is 0 Å².